The summed E-state index contributed by atoms with van der Waals surface area (Å²) >= 11 is 0. The van der Waals surface area contributed by atoms with Gasteiger partial charge in [0, 0.05) is 5.57 Å². The maximum atomic E-state index is 10.7. The third kappa shape index (κ3) is 2.07. The minimum atomic E-state index is -1.15. The number of hydrogen-bond acceptors (Lipinski definition) is 2. The van der Waals surface area contributed by atoms with Crippen molar-refractivity contribution in [2.75, 3.05) is 0 Å². The van der Waals surface area contributed by atoms with E-state index < -0.39 is 11.9 Å². The molecule has 0 amide bonds. The number of carbonyl (C=O) groups is 2. The first-order valence-corrected chi connectivity index (χ1v) is 4.09. The minimum Gasteiger partial charge on any atom is -0.478 e. The van der Waals surface area contributed by atoms with Crippen LogP contribution in [0.15, 0.2) is 42.5 Å². The van der Waals surface area contributed by atoms with E-state index >= 15 is 0 Å². The number of rotatable bonds is 4. The summed E-state index contributed by atoms with van der Waals surface area (Å²) in [5.74, 6) is -1.90. The van der Waals surface area contributed by atoms with Gasteiger partial charge in [-0.15, -0.1) is 0 Å². The van der Waals surface area contributed by atoms with Crippen LogP contribution in [0.3, 0.4) is 0 Å². The quantitative estimate of drug-likeness (QED) is 0.579. The van der Waals surface area contributed by atoms with Gasteiger partial charge in [-0.2, -0.15) is 0 Å². The van der Waals surface area contributed by atoms with Crippen molar-refractivity contribution in [1.82, 2.24) is 0 Å². The second-order valence-corrected chi connectivity index (χ2v) is 2.85. The summed E-state index contributed by atoms with van der Waals surface area (Å²) in [6, 6.07) is 8.71. The van der Waals surface area contributed by atoms with Gasteiger partial charge in [-0.3, -0.25) is 0 Å². The van der Waals surface area contributed by atoms with Crippen molar-refractivity contribution >= 4 is 12.3 Å². The molecule has 0 heterocycles. The Bertz CT molecular complexity index is 354. The Kier molecular flexibility index (Phi) is 3.18. The van der Waals surface area contributed by atoms with E-state index in [-0.39, 0.29) is 5.57 Å². The average molecular weight is 190 g/mol. The van der Waals surface area contributed by atoms with Gasteiger partial charge < -0.3 is 9.90 Å². The number of aldehydes is 1. The van der Waals surface area contributed by atoms with Crippen LogP contribution in [-0.4, -0.2) is 17.4 Å². The molecule has 1 aromatic rings. The largest absolute Gasteiger partial charge is 0.478 e. The third-order valence-electron chi connectivity index (χ3n) is 1.94. The van der Waals surface area contributed by atoms with E-state index in [1.165, 1.54) is 0 Å². The number of carboxylic acid groups (broad SMARTS) is 1. The molecule has 0 saturated carbocycles. The molecule has 3 nitrogen and oxygen atoms in total. The Balaban J connectivity index is 2.99. The first-order chi connectivity index (χ1) is 6.66. The van der Waals surface area contributed by atoms with Crippen LogP contribution >= 0.6 is 0 Å². The normalized spacial score (nSPS) is 11.7. The van der Waals surface area contributed by atoms with Crippen LogP contribution in [0.4, 0.5) is 0 Å². The van der Waals surface area contributed by atoms with Crippen LogP contribution < -0.4 is 0 Å². The molecule has 0 aromatic heterocycles. The molecule has 1 atom stereocenters. The number of benzene rings is 1. The molecule has 0 aliphatic carbocycles. The van der Waals surface area contributed by atoms with Crippen LogP contribution in [0.2, 0.25) is 0 Å². The summed E-state index contributed by atoms with van der Waals surface area (Å²) in [7, 11) is 0. The lowest BCUT2D eigenvalue weighted by molar-refractivity contribution is -0.133. The zero-order chi connectivity index (χ0) is 10.6. The van der Waals surface area contributed by atoms with E-state index in [1.54, 1.807) is 30.3 Å². The van der Waals surface area contributed by atoms with E-state index in [1.807, 2.05) is 0 Å². The van der Waals surface area contributed by atoms with Crippen molar-refractivity contribution in [2.45, 2.75) is 5.92 Å². The monoisotopic (exact) mass is 190 g/mol. The summed E-state index contributed by atoms with van der Waals surface area (Å²) < 4.78 is 0. The minimum absolute atomic E-state index is 0.105. The molecule has 1 rings (SSSR count). The summed E-state index contributed by atoms with van der Waals surface area (Å²) in [6.07, 6.45) is 0.589. The zero-order valence-corrected chi connectivity index (χ0v) is 7.51. The van der Waals surface area contributed by atoms with E-state index in [9.17, 15) is 9.59 Å². The van der Waals surface area contributed by atoms with Crippen LogP contribution in [-0.2, 0) is 9.59 Å². The molecular weight excluding hydrogens is 180 g/mol. The number of hydrogen-bond donors (Lipinski definition) is 1. The predicted molar refractivity (Wildman–Crippen MR) is 52.0 cm³/mol. The van der Waals surface area contributed by atoms with E-state index in [4.69, 9.17) is 5.11 Å². The SMILES string of the molecule is C=C(C(=O)O)C(C=O)c1ccccc1. The Morgan fingerprint density at radius 3 is 2.36 bits per heavy atom. The highest BCUT2D eigenvalue weighted by atomic mass is 16.4. The fourth-order valence-corrected chi connectivity index (χ4v) is 1.16. The molecule has 0 spiro atoms. The molecule has 0 aliphatic rings. The highest BCUT2D eigenvalue weighted by Crippen LogP contribution is 2.20. The molecule has 1 unspecified atom stereocenters. The van der Waals surface area contributed by atoms with Crippen LogP contribution in [0.5, 0.6) is 0 Å². The Hall–Kier alpha value is -1.90. The molecule has 0 saturated heterocycles. The molecule has 0 aliphatic heterocycles. The summed E-state index contributed by atoms with van der Waals surface area (Å²) in [5, 5.41) is 8.69. The van der Waals surface area contributed by atoms with Gasteiger partial charge in [0.15, 0.2) is 0 Å². The summed E-state index contributed by atoms with van der Waals surface area (Å²) in [6.45, 7) is 3.37. The van der Waals surface area contributed by atoms with E-state index in [2.05, 4.69) is 6.58 Å². The number of carboxylic acids is 1. The van der Waals surface area contributed by atoms with Crippen molar-refractivity contribution in [3.8, 4) is 0 Å². The Morgan fingerprint density at radius 2 is 1.93 bits per heavy atom. The molecule has 1 aromatic carbocycles. The first-order valence-electron chi connectivity index (χ1n) is 4.09. The highest BCUT2D eigenvalue weighted by molar-refractivity contribution is 5.93. The maximum absolute atomic E-state index is 10.7. The predicted octanol–water partition coefficient (Wildman–Crippen LogP) is 1.61. The molecule has 3 heteroatoms. The van der Waals surface area contributed by atoms with Crippen LogP contribution in [0.1, 0.15) is 11.5 Å². The van der Waals surface area contributed by atoms with E-state index in [0.29, 0.717) is 11.8 Å². The van der Waals surface area contributed by atoms with Crippen LogP contribution in [0, 0.1) is 0 Å². The summed E-state index contributed by atoms with van der Waals surface area (Å²) in [4.78, 5) is 21.3. The Labute approximate surface area is 81.7 Å². The van der Waals surface area contributed by atoms with Gasteiger partial charge in [0.2, 0.25) is 0 Å². The first kappa shape index (κ1) is 10.2. The molecule has 0 radical (unpaired) electrons. The standard InChI is InChI=1S/C11H10O3/c1-8(11(13)14)10(7-12)9-5-3-2-4-6-9/h2-7,10H,1H2,(H,13,14). The van der Waals surface area contributed by atoms with Gasteiger partial charge >= 0.3 is 5.97 Å². The lowest BCUT2D eigenvalue weighted by Crippen LogP contribution is -2.11. The zero-order valence-electron chi connectivity index (χ0n) is 7.51. The molecular formula is C11H10O3. The van der Waals surface area contributed by atoms with Gasteiger partial charge in [-0.1, -0.05) is 36.9 Å². The fraction of sp³-hybridized carbons (Fsp3) is 0.0909. The molecule has 14 heavy (non-hydrogen) atoms. The second kappa shape index (κ2) is 4.37. The van der Waals surface area contributed by atoms with Crippen molar-refractivity contribution in [3.05, 3.63) is 48.0 Å². The van der Waals surface area contributed by atoms with Gasteiger partial charge in [0.25, 0.3) is 0 Å². The molecule has 0 bridgehead atoms. The summed E-state index contributed by atoms with van der Waals surface area (Å²) in [5.41, 5.74) is 0.543. The lowest BCUT2D eigenvalue weighted by Gasteiger charge is -2.09. The topological polar surface area (TPSA) is 54.4 Å². The van der Waals surface area contributed by atoms with Crippen LogP contribution in [0.25, 0.3) is 0 Å². The van der Waals surface area contributed by atoms with Gasteiger partial charge in [-0.05, 0) is 5.56 Å². The fourth-order valence-electron chi connectivity index (χ4n) is 1.16. The average Bonchev–Trinajstić information content (AvgIpc) is 2.20. The third-order valence-corrected chi connectivity index (χ3v) is 1.94. The smallest absolute Gasteiger partial charge is 0.332 e. The van der Waals surface area contributed by atoms with Crippen molar-refractivity contribution < 1.29 is 14.7 Å². The molecule has 72 valence electrons. The van der Waals surface area contributed by atoms with E-state index in [0.717, 1.165) is 0 Å². The van der Waals surface area contributed by atoms with Gasteiger partial charge in [-0.25, -0.2) is 4.79 Å². The van der Waals surface area contributed by atoms with Crippen molar-refractivity contribution in [2.24, 2.45) is 0 Å². The van der Waals surface area contributed by atoms with Crippen molar-refractivity contribution in [3.63, 3.8) is 0 Å². The highest BCUT2D eigenvalue weighted by Gasteiger charge is 2.18. The van der Waals surface area contributed by atoms with Gasteiger partial charge in [0.05, 0.1) is 5.92 Å². The van der Waals surface area contributed by atoms with Crippen molar-refractivity contribution in [1.29, 1.82) is 0 Å². The number of aliphatic carboxylic acids is 1. The second-order valence-electron chi connectivity index (χ2n) is 2.85. The van der Waals surface area contributed by atoms with Gasteiger partial charge in [0.1, 0.15) is 6.29 Å². The number of carbonyl (C=O) groups excluding carboxylic acids is 1. The lowest BCUT2D eigenvalue weighted by atomic mass is 9.94. The molecule has 1 N–H and O–H groups in total. The maximum Gasteiger partial charge on any atom is 0.332 e. The molecule has 0 fully saturated rings. The Morgan fingerprint density at radius 1 is 1.36 bits per heavy atom.